The van der Waals surface area contributed by atoms with Gasteiger partial charge in [0.2, 0.25) is 5.88 Å². The molecule has 1 atom stereocenters. The Morgan fingerprint density at radius 3 is 2.88 bits per heavy atom. The molecule has 0 saturated heterocycles. The van der Waals surface area contributed by atoms with Gasteiger partial charge in [0.25, 0.3) is 0 Å². The summed E-state index contributed by atoms with van der Waals surface area (Å²) >= 11 is 0. The van der Waals surface area contributed by atoms with Crippen LogP contribution >= 0.6 is 0 Å². The molecule has 1 aromatic rings. The summed E-state index contributed by atoms with van der Waals surface area (Å²) in [6, 6.07) is 2.89. The third-order valence-electron chi connectivity index (χ3n) is 2.00. The molecule has 0 bridgehead atoms. The summed E-state index contributed by atoms with van der Waals surface area (Å²) in [6.45, 7) is 3.59. The van der Waals surface area contributed by atoms with Crippen molar-refractivity contribution >= 4 is 5.97 Å². The number of terminal acetylenes is 1. The molecule has 0 fully saturated rings. The van der Waals surface area contributed by atoms with Crippen LogP contribution in [-0.2, 0) is 6.42 Å². The molecule has 4 heteroatoms. The number of pyridine rings is 1. The highest BCUT2D eigenvalue weighted by Gasteiger charge is 2.09. The Kier molecular flexibility index (Phi) is 3.90. The molecular formula is C12H13NO3. The van der Waals surface area contributed by atoms with Gasteiger partial charge in [-0.25, -0.2) is 9.78 Å². The number of hydrogen-bond donors (Lipinski definition) is 1. The number of nitrogens with zero attached hydrogens (tertiary/aromatic N) is 1. The summed E-state index contributed by atoms with van der Waals surface area (Å²) < 4.78 is 5.29. The predicted octanol–water partition coefficient (Wildman–Crippen LogP) is 1.74. The van der Waals surface area contributed by atoms with Gasteiger partial charge in [-0.05, 0) is 19.4 Å². The molecule has 0 aliphatic heterocycles. The fourth-order valence-electron chi connectivity index (χ4n) is 1.14. The number of rotatable bonds is 4. The molecule has 1 heterocycles. The lowest BCUT2D eigenvalue weighted by atomic mass is 10.2. The summed E-state index contributed by atoms with van der Waals surface area (Å²) in [5.41, 5.74) is 0.824. The molecule has 1 unspecified atom stereocenters. The second kappa shape index (κ2) is 5.17. The minimum Gasteiger partial charge on any atom is -0.478 e. The molecule has 0 aliphatic rings. The third kappa shape index (κ3) is 2.99. The number of carbonyl (C=O) groups is 1. The number of aryl methyl sites for hydroxylation is 1. The van der Waals surface area contributed by atoms with Crippen LogP contribution in [0, 0.1) is 12.3 Å². The Bertz CT molecular complexity index is 434. The molecule has 1 aromatic heterocycles. The molecule has 0 saturated carbocycles. The van der Waals surface area contributed by atoms with E-state index >= 15 is 0 Å². The van der Waals surface area contributed by atoms with Crippen LogP contribution in [0.2, 0.25) is 0 Å². The van der Waals surface area contributed by atoms with Crippen molar-refractivity contribution in [3.8, 4) is 18.2 Å². The van der Waals surface area contributed by atoms with Gasteiger partial charge < -0.3 is 9.84 Å². The maximum absolute atomic E-state index is 10.9. The Labute approximate surface area is 94.3 Å². The first-order chi connectivity index (χ1) is 7.56. The van der Waals surface area contributed by atoms with Gasteiger partial charge in [-0.2, -0.15) is 0 Å². The maximum Gasteiger partial charge on any atom is 0.335 e. The predicted molar refractivity (Wildman–Crippen MR) is 59.5 cm³/mol. The van der Waals surface area contributed by atoms with Crippen molar-refractivity contribution in [2.45, 2.75) is 26.4 Å². The van der Waals surface area contributed by atoms with Crippen molar-refractivity contribution in [1.82, 2.24) is 4.98 Å². The van der Waals surface area contributed by atoms with Gasteiger partial charge in [-0.15, -0.1) is 6.42 Å². The fraction of sp³-hybridized carbons (Fsp3) is 0.333. The highest BCUT2D eigenvalue weighted by molar-refractivity contribution is 5.88. The van der Waals surface area contributed by atoms with Crippen molar-refractivity contribution in [2.75, 3.05) is 0 Å². The monoisotopic (exact) mass is 219 g/mol. The van der Waals surface area contributed by atoms with E-state index in [4.69, 9.17) is 16.3 Å². The Balaban J connectivity index is 3.05. The van der Waals surface area contributed by atoms with Gasteiger partial charge in [-0.3, -0.25) is 0 Å². The largest absolute Gasteiger partial charge is 0.478 e. The number of ether oxygens (including phenoxy) is 1. The van der Waals surface area contributed by atoms with Crippen molar-refractivity contribution < 1.29 is 14.6 Å². The quantitative estimate of drug-likeness (QED) is 0.783. The van der Waals surface area contributed by atoms with Crippen molar-refractivity contribution in [3.05, 3.63) is 23.4 Å². The van der Waals surface area contributed by atoms with E-state index in [9.17, 15) is 4.79 Å². The molecule has 84 valence electrons. The number of hydrogen-bond acceptors (Lipinski definition) is 3. The summed E-state index contributed by atoms with van der Waals surface area (Å²) in [5, 5.41) is 8.90. The third-order valence-corrected chi connectivity index (χ3v) is 2.00. The van der Waals surface area contributed by atoms with Crippen LogP contribution in [0.5, 0.6) is 5.88 Å². The van der Waals surface area contributed by atoms with Crippen molar-refractivity contribution in [3.63, 3.8) is 0 Å². The standard InChI is InChI=1S/C12H13NO3/c1-4-8(3)16-11-7-9(12(14)15)6-10(5-2)13-11/h1,6-8H,5H2,2-3H3,(H,14,15). The fourth-order valence-corrected chi connectivity index (χ4v) is 1.14. The van der Waals surface area contributed by atoms with E-state index < -0.39 is 12.1 Å². The van der Waals surface area contributed by atoms with E-state index in [1.807, 2.05) is 6.92 Å². The van der Waals surface area contributed by atoms with Crippen molar-refractivity contribution in [1.29, 1.82) is 0 Å². The summed E-state index contributed by atoms with van der Waals surface area (Å²) in [4.78, 5) is 15.0. The highest BCUT2D eigenvalue weighted by atomic mass is 16.5. The average molecular weight is 219 g/mol. The molecular weight excluding hydrogens is 206 g/mol. The van der Waals surface area contributed by atoms with E-state index in [1.54, 1.807) is 6.92 Å². The SMILES string of the molecule is C#CC(C)Oc1cc(C(=O)O)cc(CC)n1. The van der Waals surface area contributed by atoms with Crippen LogP contribution < -0.4 is 4.74 Å². The van der Waals surface area contributed by atoms with Gasteiger partial charge in [0.05, 0.1) is 5.56 Å². The zero-order valence-electron chi connectivity index (χ0n) is 9.23. The Hall–Kier alpha value is -2.02. The minimum absolute atomic E-state index is 0.158. The van der Waals surface area contributed by atoms with Gasteiger partial charge in [0.1, 0.15) is 0 Å². The van der Waals surface area contributed by atoms with Crippen molar-refractivity contribution in [2.24, 2.45) is 0 Å². The number of carboxylic acids is 1. The van der Waals surface area contributed by atoms with Crippen LogP contribution in [0.15, 0.2) is 12.1 Å². The van der Waals surface area contributed by atoms with Gasteiger partial charge in [0, 0.05) is 11.8 Å². The first-order valence-corrected chi connectivity index (χ1v) is 4.93. The summed E-state index contributed by atoms with van der Waals surface area (Å²) in [7, 11) is 0. The van der Waals surface area contributed by atoms with Crippen LogP contribution in [0.3, 0.4) is 0 Å². The molecule has 0 spiro atoms. The Morgan fingerprint density at radius 2 is 2.38 bits per heavy atom. The lowest BCUT2D eigenvalue weighted by Crippen LogP contribution is -2.11. The first-order valence-electron chi connectivity index (χ1n) is 4.93. The van der Waals surface area contributed by atoms with Gasteiger partial charge >= 0.3 is 5.97 Å². The summed E-state index contributed by atoms with van der Waals surface area (Å²) in [6.07, 6.45) is 5.38. The van der Waals surface area contributed by atoms with Crippen LogP contribution in [0.1, 0.15) is 29.9 Å². The number of aromatic nitrogens is 1. The topological polar surface area (TPSA) is 59.4 Å². The number of aromatic carboxylic acids is 1. The van der Waals surface area contributed by atoms with E-state index in [0.717, 1.165) is 0 Å². The Morgan fingerprint density at radius 1 is 1.69 bits per heavy atom. The highest BCUT2D eigenvalue weighted by Crippen LogP contribution is 2.14. The molecule has 0 aromatic carbocycles. The second-order valence-electron chi connectivity index (χ2n) is 3.27. The molecule has 0 amide bonds. The average Bonchev–Trinajstić information content (AvgIpc) is 2.28. The molecule has 16 heavy (non-hydrogen) atoms. The lowest BCUT2D eigenvalue weighted by molar-refractivity contribution is 0.0695. The molecule has 1 rings (SSSR count). The van der Waals surface area contributed by atoms with Crippen LogP contribution in [0.4, 0.5) is 0 Å². The van der Waals surface area contributed by atoms with Gasteiger partial charge in [0.15, 0.2) is 6.10 Å². The summed E-state index contributed by atoms with van der Waals surface area (Å²) in [5.74, 6) is 1.64. The first kappa shape index (κ1) is 12.1. The second-order valence-corrected chi connectivity index (χ2v) is 3.27. The molecule has 0 aliphatic carbocycles. The van der Waals surface area contributed by atoms with E-state index in [2.05, 4.69) is 10.9 Å². The van der Waals surface area contributed by atoms with Crippen LogP contribution in [-0.4, -0.2) is 22.2 Å². The van der Waals surface area contributed by atoms with Gasteiger partial charge in [-0.1, -0.05) is 12.8 Å². The molecule has 1 N–H and O–H groups in total. The molecule has 0 radical (unpaired) electrons. The maximum atomic E-state index is 10.9. The van der Waals surface area contributed by atoms with Crippen LogP contribution in [0.25, 0.3) is 0 Å². The smallest absolute Gasteiger partial charge is 0.335 e. The number of carboxylic acid groups (broad SMARTS) is 1. The normalized spacial score (nSPS) is 11.6. The zero-order valence-corrected chi connectivity index (χ0v) is 9.23. The van der Waals surface area contributed by atoms with E-state index in [1.165, 1.54) is 12.1 Å². The van der Waals surface area contributed by atoms with E-state index in [-0.39, 0.29) is 11.4 Å². The minimum atomic E-state index is -1.00. The van der Waals surface area contributed by atoms with E-state index in [0.29, 0.717) is 12.1 Å². The lowest BCUT2D eigenvalue weighted by Gasteiger charge is -2.09. The molecule has 4 nitrogen and oxygen atoms in total. The zero-order chi connectivity index (χ0) is 12.1.